The van der Waals surface area contributed by atoms with Gasteiger partial charge in [-0.1, -0.05) is 74.0 Å². The second-order valence-corrected chi connectivity index (χ2v) is 9.25. The van der Waals surface area contributed by atoms with E-state index in [0.29, 0.717) is 0 Å². The lowest BCUT2D eigenvalue weighted by Crippen LogP contribution is -2.38. The van der Waals surface area contributed by atoms with Crippen molar-refractivity contribution in [2.45, 2.75) is 31.6 Å². The maximum absolute atomic E-state index is 13.4. The molecule has 5 nitrogen and oxygen atoms in total. The summed E-state index contributed by atoms with van der Waals surface area (Å²) in [5, 5.41) is 3.18. The maximum Gasteiger partial charge on any atom is 0.264 e. The van der Waals surface area contributed by atoms with Crippen LogP contribution in [0.25, 0.3) is 0 Å². The Morgan fingerprint density at radius 2 is 1.45 bits per heavy atom. The molecule has 3 rings (SSSR count). The van der Waals surface area contributed by atoms with E-state index < -0.39 is 22.5 Å². The van der Waals surface area contributed by atoms with Crippen LogP contribution in [0.5, 0.6) is 0 Å². The molecule has 0 bridgehead atoms. The van der Waals surface area contributed by atoms with Gasteiger partial charge in [0, 0.05) is 5.69 Å². The Morgan fingerprint density at radius 1 is 0.871 bits per heavy atom. The summed E-state index contributed by atoms with van der Waals surface area (Å²) in [7, 11) is -4.01. The minimum absolute atomic E-state index is 0.0888. The lowest BCUT2D eigenvalue weighted by molar-refractivity contribution is -0.114. The van der Waals surface area contributed by atoms with Gasteiger partial charge in [-0.3, -0.25) is 9.10 Å². The predicted molar refractivity (Wildman–Crippen MR) is 126 cm³/mol. The number of nitrogens with zero attached hydrogens (tertiary/aromatic N) is 1. The summed E-state index contributed by atoms with van der Waals surface area (Å²) in [6.45, 7) is 3.63. The Bertz CT molecular complexity index is 1140. The summed E-state index contributed by atoms with van der Waals surface area (Å²) < 4.78 is 27.9. The maximum atomic E-state index is 13.4. The Morgan fingerprint density at radius 3 is 2.03 bits per heavy atom. The summed E-state index contributed by atoms with van der Waals surface area (Å²) >= 11 is 6.31. The number of hydrogen-bond acceptors (Lipinski definition) is 3. The van der Waals surface area contributed by atoms with Crippen LogP contribution in [0.1, 0.15) is 25.0 Å². The van der Waals surface area contributed by atoms with Crippen molar-refractivity contribution in [1.29, 1.82) is 0 Å². The van der Waals surface area contributed by atoms with Gasteiger partial charge in [-0.05, 0) is 48.2 Å². The first-order valence-electron chi connectivity index (χ1n) is 10.1. The lowest BCUT2D eigenvalue weighted by atomic mass is 10.0. The predicted octanol–water partition coefficient (Wildman–Crippen LogP) is 5.30. The normalized spacial score (nSPS) is 11.2. The zero-order valence-electron chi connectivity index (χ0n) is 17.5. The Hall–Kier alpha value is -2.83. The highest BCUT2D eigenvalue weighted by atomic mass is 35.5. The van der Waals surface area contributed by atoms with Crippen LogP contribution in [0.15, 0.2) is 77.7 Å². The fourth-order valence-corrected chi connectivity index (χ4v) is 5.13. The minimum atomic E-state index is -4.01. The van der Waals surface area contributed by atoms with E-state index >= 15 is 0 Å². The van der Waals surface area contributed by atoms with E-state index in [-0.39, 0.29) is 15.6 Å². The van der Waals surface area contributed by atoms with Gasteiger partial charge in [-0.25, -0.2) is 8.42 Å². The molecular formula is C24H25ClN2O3S. The van der Waals surface area contributed by atoms with Gasteiger partial charge in [0.25, 0.3) is 10.0 Å². The van der Waals surface area contributed by atoms with Crippen molar-refractivity contribution >= 4 is 38.9 Å². The average molecular weight is 457 g/mol. The molecule has 0 aliphatic rings. The first kappa shape index (κ1) is 22.8. The first-order chi connectivity index (χ1) is 14.9. The lowest BCUT2D eigenvalue weighted by Gasteiger charge is -2.25. The van der Waals surface area contributed by atoms with Crippen LogP contribution >= 0.6 is 11.6 Å². The highest BCUT2D eigenvalue weighted by Gasteiger charge is 2.28. The molecule has 0 aliphatic heterocycles. The Kier molecular flexibility index (Phi) is 7.36. The topological polar surface area (TPSA) is 66.5 Å². The number of sulfonamides is 1. The molecule has 0 saturated carbocycles. The van der Waals surface area contributed by atoms with Crippen molar-refractivity contribution in [3.63, 3.8) is 0 Å². The van der Waals surface area contributed by atoms with Gasteiger partial charge >= 0.3 is 0 Å². The number of rotatable bonds is 8. The molecule has 0 saturated heterocycles. The number of halogens is 1. The number of nitrogens with one attached hydrogen (secondary N) is 1. The third kappa shape index (κ3) is 5.09. The van der Waals surface area contributed by atoms with Gasteiger partial charge in [0.15, 0.2) is 0 Å². The van der Waals surface area contributed by atoms with Crippen molar-refractivity contribution in [3.8, 4) is 0 Å². The van der Waals surface area contributed by atoms with Crippen LogP contribution in [0.2, 0.25) is 5.02 Å². The first-order valence-corrected chi connectivity index (χ1v) is 11.9. The highest BCUT2D eigenvalue weighted by molar-refractivity contribution is 7.92. The molecule has 0 radical (unpaired) electrons. The van der Waals surface area contributed by atoms with E-state index in [9.17, 15) is 13.2 Å². The third-order valence-corrected chi connectivity index (χ3v) is 7.10. The van der Waals surface area contributed by atoms with Crippen molar-refractivity contribution in [2.75, 3.05) is 16.2 Å². The van der Waals surface area contributed by atoms with Crippen molar-refractivity contribution in [3.05, 3.63) is 88.9 Å². The molecule has 3 aromatic carbocycles. The fourth-order valence-electron chi connectivity index (χ4n) is 3.39. The van der Waals surface area contributed by atoms with Gasteiger partial charge in [0.2, 0.25) is 5.91 Å². The van der Waals surface area contributed by atoms with Crippen molar-refractivity contribution in [1.82, 2.24) is 0 Å². The third-order valence-electron chi connectivity index (χ3n) is 5.00. The molecule has 0 atom stereocenters. The van der Waals surface area contributed by atoms with E-state index in [1.165, 1.54) is 12.1 Å². The number of hydrogen-bond donors (Lipinski definition) is 1. The van der Waals surface area contributed by atoms with Gasteiger partial charge < -0.3 is 5.32 Å². The molecule has 0 fully saturated rings. The van der Waals surface area contributed by atoms with Gasteiger partial charge in [-0.2, -0.15) is 0 Å². The zero-order chi connectivity index (χ0) is 22.4. The van der Waals surface area contributed by atoms with E-state index in [0.717, 1.165) is 34.0 Å². The molecule has 7 heteroatoms. The molecule has 1 amide bonds. The van der Waals surface area contributed by atoms with Gasteiger partial charge in [0.05, 0.1) is 15.6 Å². The zero-order valence-corrected chi connectivity index (χ0v) is 19.1. The quantitative estimate of drug-likeness (QED) is 0.500. The van der Waals surface area contributed by atoms with Crippen LogP contribution in [0.4, 0.5) is 11.4 Å². The molecule has 0 heterocycles. The van der Waals surface area contributed by atoms with E-state index in [4.69, 9.17) is 11.6 Å². The molecule has 3 aromatic rings. The van der Waals surface area contributed by atoms with Crippen LogP contribution in [0.3, 0.4) is 0 Å². The second-order valence-electron chi connectivity index (χ2n) is 6.98. The number of benzene rings is 3. The monoisotopic (exact) mass is 456 g/mol. The fraction of sp³-hybridized carbons (Fsp3) is 0.208. The minimum Gasteiger partial charge on any atom is -0.324 e. The van der Waals surface area contributed by atoms with Crippen LogP contribution in [-0.2, 0) is 27.7 Å². The molecule has 31 heavy (non-hydrogen) atoms. The van der Waals surface area contributed by atoms with Crippen molar-refractivity contribution < 1.29 is 13.2 Å². The molecular weight excluding hydrogens is 432 g/mol. The Balaban J connectivity index is 1.99. The Labute approximate surface area is 188 Å². The number of aryl methyl sites for hydroxylation is 2. The number of anilines is 2. The molecule has 162 valence electrons. The van der Waals surface area contributed by atoms with Crippen molar-refractivity contribution in [2.24, 2.45) is 0 Å². The van der Waals surface area contributed by atoms with Gasteiger partial charge in [-0.15, -0.1) is 0 Å². The van der Waals surface area contributed by atoms with Crippen LogP contribution < -0.4 is 9.62 Å². The molecule has 0 unspecified atom stereocenters. The SMILES string of the molecule is CCc1cccc(CC)c1NC(=O)CN(c1ccccc1Cl)S(=O)(=O)c1ccccc1. The molecule has 1 N–H and O–H groups in total. The van der Waals surface area contributed by atoms with Crippen LogP contribution in [-0.4, -0.2) is 20.9 Å². The highest BCUT2D eigenvalue weighted by Crippen LogP contribution is 2.30. The smallest absolute Gasteiger partial charge is 0.264 e. The summed E-state index contributed by atoms with van der Waals surface area (Å²) in [5.74, 6) is -0.435. The average Bonchev–Trinajstić information content (AvgIpc) is 2.78. The van der Waals surface area contributed by atoms with Gasteiger partial charge in [0.1, 0.15) is 6.54 Å². The number of carbonyl (C=O) groups is 1. The summed E-state index contributed by atoms with van der Waals surface area (Å²) in [6, 6.07) is 20.5. The standard InChI is InChI=1S/C24H25ClN2O3S/c1-3-18-11-10-12-19(4-2)24(18)26-23(28)17-27(22-16-9-8-15-21(22)25)31(29,30)20-13-6-5-7-14-20/h5-16H,3-4,17H2,1-2H3,(H,26,28). The second kappa shape index (κ2) is 9.98. The summed E-state index contributed by atoms with van der Waals surface area (Å²) in [5.41, 5.74) is 3.00. The molecule has 0 spiro atoms. The number of carbonyl (C=O) groups excluding carboxylic acids is 1. The number of para-hydroxylation sites is 2. The molecule has 0 aliphatic carbocycles. The largest absolute Gasteiger partial charge is 0.324 e. The summed E-state index contributed by atoms with van der Waals surface area (Å²) in [4.78, 5) is 13.2. The van der Waals surface area contributed by atoms with E-state index in [2.05, 4.69) is 5.32 Å². The van der Waals surface area contributed by atoms with Crippen LogP contribution in [0, 0.1) is 0 Å². The summed E-state index contributed by atoms with van der Waals surface area (Å²) in [6.07, 6.45) is 1.50. The van der Waals surface area contributed by atoms with E-state index in [1.807, 2.05) is 32.0 Å². The number of amides is 1. The van der Waals surface area contributed by atoms with E-state index in [1.54, 1.807) is 42.5 Å². The molecule has 0 aromatic heterocycles.